The summed E-state index contributed by atoms with van der Waals surface area (Å²) in [7, 11) is -4.22. The Bertz CT molecular complexity index is 1750. The lowest BCUT2D eigenvalue weighted by atomic mass is 10.0. The van der Waals surface area contributed by atoms with Crippen molar-refractivity contribution >= 4 is 55.1 Å². The molecule has 2 amide bonds. The zero-order chi connectivity index (χ0) is 33.4. The molecule has 242 valence electrons. The van der Waals surface area contributed by atoms with E-state index in [4.69, 9.17) is 11.6 Å². The van der Waals surface area contributed by atoms with E-state index in [1.165, 1.54) is 17.0 Å². The molecule has 4 aromatic rings. The molecular weight excluding hydrogens is 686 g/mol. The SMILES string of the molecule is Cc1ccc(S(=O)(=O)N(CC(=O)N(Cc2ccc(Br)cc2)[C@@H](Cc2ccccc2)C(=O)NCC(C)C)c2cc(Cl)ccc2C)cc1. The number of carbonyl (C=O) groups is 2. The van der Waals surface area contributed by atoms with Gasteiger partial charge in [-0.05, 0) is 72.9 Å². The van der Waals surface area contributed by atoms with Gasteiger partial charge in [0.15, 0.2) is 0 Å². The van der Waals surface area contributed by atoms with Gasteiger partial charge in [0.05, 0.1) is 10.6 Å². The largest absolute Gasteiger partial charge is 0.354 e. The molecule has 1 atom stereocenters. The van der Waals surface area contributed by atoms with Crippen molar-refractivity contribution in [2.45, 2.75) is 51.6 Å². The van der Waals surface area contributed by atoms with Crippen molar-refractivity contribution in [3.8, 4) is 0 Å². The second-order valence-corrected chi connectivity index (χ2v) is 15.0. The van der Waals surface area contributed by atoms with Crippen LogP contribution in [0.2, 0.25) is 5.02 Å². The summed E-state index contributed by atoms with van der Waals surface area (Å²) in [6.07, 6.45) is 0.244. The quantitative estimate of drug-likeness (QED) is 0.157. The van der Waals surface area contributed by atoms with Crippen LogP contribution in [0.4, 0.5) is 5.69 Å². The molecule has 0 aromatic heterocycles. The van der Waals surface area contributed by atoms with E-state index in [9.17, 15) is 18.0 Å². The second-order valence-electron chi connectivity index (χ2n) is 11.7. The summed E-state index contributed by atoms with van der Waals surface area (Å²) < 4.78 is 30.5. The van der Waals surface area contributed by atoms with Crippen LogP contribution >= 0.6 is 27.5 Å². The summed E-state index contributed by atoms with van der Waals surface area (Å²) in [6, 6.07) is 27.5. The summed E-state index contributed by atoms with van der Waals surface area (Å²) in [4.78, 5) is 30.0. The maximum absolute atomic E-state index is 14.6. The normalized spacial score (nSPS) is 12.1. The fourth-order valence-corrected chi connectivity index (χ4v) is 6.87. The number of amides is 2. The number of halogens is 2. The van der Waals surface area contributed by atoms with Gasteiger partial charge in [-0.1, -0.05) is 108 Å². The van der Waals surface area contributed by atoms with Gasteiger partial charge in [-0.15, -0.1) is 0 Å². The average Bonchev–Trinajstić information content (AvgIpc) is 3.03. The van der Waals surface area contributed by atoms with E-state index in [0.29, 0.717) is 17.1 Å². The minimum atomic E-state index is -4.22. The Morgan fingerprint density at radius 3 is 2.15 bits per heavy atom. The number of hydrogen-bond donors (Lipinski definition) is 1. The zero-order valence-electron chi connectivity index (χ0n) is 26.4. The first kappa shape index (κ1) is 35.2. The van der Waals surface area contributed by atoms with Crippen molar-refractivity contribution in [1.29, 1.82) is 0 Å². The van der Waals surface area contributed by atoms with E-state index in [1.54, 1.807) is 37.3 Å². The molecule has 0 aliphatic carbocycles. The van der Waals surface area contributed by atoms with Crippen molar-refractivity contribution in [2.24, 2.45) is 5.92 Å². The topological polar surface area (TPSA) is 86.8 Å². The highest BCUT2D eigenvalue weighted by molar-refractivity contribution is 9.10. The maximum Gasteiger partial charge on any atom is 0.264 e. The molecule has 0 saturated carbocycles. The van der Waals surface area contributed by atoms with Crippen LogP contribution in [0, 0.1) is 19.8 Å². The van der Waals surface area contributed by atoms with E-state index in [-0.39, 0.29) is 35.4 Å². The van der Waals surface area contributed by atoms with Crippen LogP contribution in [-0.2, 0) is 32.6 Å². The fraction of sp³-hybridized carbons (Fsp3) is 0.278. The van der Waals surface area contributed by atoms with Gasteiger partial charge >= 0.3 is 0 Å². The van der Waals surface area contributed by atoms with E-state index in [0.717, 1.165) is 25.5 Å². The van der Waals surface area contributed by atoms with Gasteiger partial charge < -0.3 is 10.2 Å². The van der Waals surface area contributed by atoms with Gasteiger partial charge in [0.1, 0.15) is 12.6 Å². The van der Waals surface area contributed by atoms with Crippen molar-refractivity contribution in [3.63, 3.8) is 0 Å². The lowest BCUT2D eigenvalue weighted by molar-refractivity contribution is -0.140. The Hall–Kier alpha value is -3.66. The van der Waals surface area contributed by atoms with Crippen LogP contribution < -0.4 is 9.62 Å². The van der Waals surface area contributed by atoms with E-state index < -0.39 is 28.5 Å². The third-order valence-corrected chi connectivity index (χ3v) is 10.1. The summed E-state index contributed by atoms with van der Waals surface area (Å²) in [5.74, 6) is -0.647. The molecule has 0 saturated heterocycles. The van der Waals surface area contributed by atoms with Crippen LogP contribution in [-0.4, -0.2) is 44.3 Å². The first-order valence-electron chi connectivity index (χ1n) is 15.1. The monoisotopic (exact) mass is 723 g/mol. The molecule has 1 N–H and O–H groups in total. The molecule has 0 unspecified atom stereocenters. The van der Waals surface area contributed by atoms with Crippen molar-refractivity contribution in [3.05, 3.63) is 129 Å². The molecule has 0 aliphatic rings. The number of aryl methyl sites for hydroxylation is 2. The molecule has 0 heterocycles. The summed E-state index contributed by atoms with van der Waals surface area (Å²) in [6.45, 7) is 7.61. The van der Waals surface area contributed by atoms with Crippen LogP contribution in [0.1, 0.15) is 36.1 Å². The third-order valence-electron chi connectivity index (χ3n) is 7.55. The van der Waals surface area contributed by atoms with Gasteiger partial charge in [0.25, 0.3) is 10.0 Å². The smallest absolute Gasteiger partial charge is 0.264 e. The molecular formula is C36H39BrClN3O4S. The number of carbonyl (C=O) groups excluding carboxylic acids is 2. The summed E-state index contributed by atoms with van der Waals surface area (Å²) in [5, 5.41) is 3.34. The first-order valence-corrected chi connectivity index (χ1v) is 17.7. The highest BCUT2D eigenvalue weighted by Gasteiger charge is 2.35. The molecule has 4 rings (SSSR count). The Balaban J connectivity index is 1.82. The van der Waals surface area contributed by atoms with Gasteiger partial charge in [-0.25, -0.2) is 8.42 Å². The van der Waals surface area contributed by atoms with E-state index in [2.05, 4.69) is 21.2 Å². The predicted molar refractivity (Wildman–Crippen MR) is 188 cm³/mol. The van der Waals surface area contributed by atoms with Crippen molar-refractivity contribution < 1.29 is 18.0 Å². The Morgan fingerprint density at radius 2 is 1.52 bits per heavy atom. The molecule has 10 heteroatoms. The predicted octanol–water partition coefficient (Wildman–Crippen LogP) is 7.33. The minimum Gasteiger partial charge on any atom is -0.354 e. The summed E-state index contributed by atoms with van der Waals surface area (Å²) >= 11 is 9.83. The van der Waals surface area contributed by atoms with E-state index >= 15 is 0 Å². The average molecular weight is 725 g/mol. The lowest BCUT2D eigenvalue weighted by Gasteiger charge is -2.34. The minimum absolute atomic E-state index is 0.0419. The van der Waals surface area contributed by atoms with Crippen LogP contribution in [0.5, 0.6) is 0 Å². The number of rotatable bonds is 13. The Kier molecular flexibility index (Phi) is 12.1. The molecule has 0 radical (unpaired) electrons. The van der Waals surface area contributed by atoms with Crippen molar-refractivity contribution in [2.75, 3.05) is 17.4 Å². The molecule has 0 fully saturated rings. The molecule has 0 aliphatic heterocycles. The van der Waals surface area contributed by atoms with E-state index in [1.807, 2.05) is 75.4 Å². The third kappa shape index (κ3) is 9.21. The molecule has 0 bridgehead atoms. The molecule has 0 spiro atoms. The van der Waals surface area contributed by atoms with Crippen LogP contribution in [0.3, 0.4) is 0 Å². The van der Waals surface area contributed by atoms with Crippen LogP contribution in [0.15, 0.2) is 106 Å². The zero-order valence-corrected chi connectivity index (χ0v) is 29.6. The number of nitrogens with zero attached hydrogens (tertiary/aromatic N) is 2. The van der Waals surface area contributed by atoms with Crippen LogP contribution in [0.25, 0.3) is 0 Å². The van der Waals surface area contributed by atoms with Gasteiger partial charge in [0, 0.05) is 29.0 Å². The Labute approximate surface area is 285 Å². The van der Waals surface area contributed by atoms with Gasteiger partial charge in [-0.2, -0.15) is 0 Å². The number of hydrogen-bond acceptors (Lipinski definition) is 4. The maximum atomic E-state index is 14.6. The highest BCUT2D eigenvalue weighted by Crippen LogP contribution is 2.30. The lowest BCUT2D eigenvalue weighted by Crippen LogP contribution is -2.53. The standard InChI is InChI=1S/C36H39BrClN3O4S/c1-25(2)22-39-36(43)34(20-28-8-6-5-7-9-28)40(23-29-13-15-30(37)16-14-29)35(42)24-41(33-21-31(38)17-12-27(33)4)46(44,45)32-18-10-26(3)11-19-32/h5-19,21,25,34H,20,22-24H2,1-4H3,(H,39,43)/t34-/m0/s1. The first-order chi connectivity index (χ1) is 21.8. The highest BCUT2D eigenvalue weighted by atomic mass is 79.9. The van der Waals surface area contributed by atoms with Gasteiger partial charge in [-0.3, -0.25) is 13.9 Å². The number of sulfonamides is 1. The molecule has 4 aromatic carbocycles. The second kappa shape index (κ2) is 15.8. The summed E-state index contributed by atoms with van der Waals surface area (Å²) in [5.41, 5.74) is 3.47. The molecule has 46 heavy (non-hydrogen) atoms. The number of anilines is 1. The number of nitrogens with one attached hydrogen (secondary N) is 1. The Morgan fingerprint density at radius 1 is 0.870 bits per heavy atom. The van der Waals surface area contributed by atoms with Crippen molar-refractivity contribution in [1.82, 2.24) is 10.2 Å². The fourth-order valence-electron chi connectivity index (χ4n) is 4.97. The number of benzene rings is 4. The molecule has 7 nitrogen and oxygen atoms in total. The van der Waals surface area contributed by atoms with Gasteiger partial charge in [0.2, 0.25) is 11.8 Å².